The molecule has 146 valence electrons. The molecule has 0 aliphatic rings. The third-order valence-corrected chi connectivity index (χ3v) is 4.63. The standard InChI is InChI=1S/C21H28ClN3O2/c1-4-12-24(21(27)17(2)22)16-20(26)25(14-18-9-6-5-7-10-18)15-19-11-8-13-23(19)3/h5-11,13,17H,4,12,14-16H2,1-3H3/t17-/m0/s1. The fraction of sp³-hybridized carbons (Fsp3) is 0.429. The van der Waals surface area contributed by atoms with Gasteiger partial charge in [-0.1, -0.05) is 37.3 Å². The number of rotatable bonds is 9. The minimum atomic E-state index is -0.639. The smallest absolute Gasteiger partial charge is 0.242 e. The van der Waals surface area contributed by atoms with Gasteiger partial charge in [0.25, 0.3) is 0 Å². The Balaban J connectivity index is 2.18. The Morgan fingerprint density at radius 3 is 2.33 bits per heavy atom. The van der Waals surface area contributed by atoms with Crippen molar-refractivity contribution in [3.05, 3.63) is 59.9 Å². The van der Waals surface area contributed by atoms with Crippen LogP contribution >= 0.6 is 11.6 Å². The van der Waals surface area contributed by atoms with Gasteiger partial charge in [0, 0.05) is 32.0 Å². The summed E-state index contributed by atoms with van der Waals surface area (Å²) in [5.41, 5.74) is 2.09. The van der Waals surface area contributed by atoms with E-state index in [4.69, 9.17) is 11.6 Å². The summed E-state index contributed by atoms with van der Waals surface area (Å²) >= 11 is 5.97. The number of hydrogen-bond acceptors (Lipinski definition) is 2. The van der Waals surface area contributed by atoms with Gasteiger partial charge < -0.3 is 14.4 Å². The Hall–Kier alpha value is -2.27. The summed E-state index contributed by atoms with van der Waals surface area (Å²) in [7, 11) is 1.96. The van der Waals surface area contributed by atoms with E-state index >= 15 is 0 Å². The molecule has 1 aromatic carbocycles. The molecule has 2 amide bonds. The summed E-state index contributed by atoms with van der Waals surface area (Å²) in [6.45, 7) is 5.17. The molecule has 2 aromatic rings. The molecule has 0 saturated carbocycles. The van der Waals surface area contributed by atoms with Crippen molar-refractivity contribution in [1.82, 2.24) is 14.4 Å². The lowest BCUT2D eigenvalue weighted by atomic mass is 10.2. The molecular formula is C21H28ClN3O2. The van der Waals surface area contributed by atoms with Gasteiger partial charge in [-0.05, 0) is 31.0 Å². The van der Waals surface area contributed by atoms with Gasteiger partial charge in [-0.15, -0.1) is 11.6 Å². The zero-order chi connectivity index (χ0) is 19.8. The summed E-state index contributed by atoms with van der Waals surface area (Å²) < 4.78 is 2.00. The zero-order valence-electron chi connectivity index (χ0n) is 16.3. The first-order chi connectivity index (χ1) is 12.9. The minimum Gasteiger partial charge on any atom is -0.353 e. The van der Waals surface area contributed by atoms with E-state index in [2.05, 4.69) is 0 Å². The molecule has 1 aromatic heterocycles. The average molecular weight is 390 g/mol. The van der Waals surface area contributed by atoms with Crippen LogP contribution in [0.25, 0.3) is 0 Å². The van der Waals surface area contributed by atoms with Crippen molar-refractivity contribution in [2.24, 2.45) is 7.05 Å². The minimum absolute atomic E-state index is 0.0426. The number of benzene rings is 1. The fourth-order valence-corrected chi connectivity index (χ4v) is 3.08. The van der Waals surface area contributed by atoms with E-state index in [0.717, 1.165) is 17.7 Å². The van der Waals surface area contributed by atoms with E-state index in [1.54, 1.807) is 16.7 Å². The molecule has 1 atom stereocenters. The van der Waals surface area contributed by atoms with E-state index in [0.29, 0.717) is 19.6 Å². The second-order valence-corrected chi connectivity index (χ2v) is 7.38. The summed E-state index contributed by atoms with van der Waals surface area (Å²) in [5.74, 6) is -0.287. The molecule has 6 heteroatoms. The highest BCUT2D eigenvalue weighted by Crippen LogP contribution is 2.12. The van der Waals surface area contributed by atoms with Crippen LogP contribution in [-0.2, 0) is 29.7 Å². The molecule has 0 N–H and O–H groups in total. The van der Waals surface area contributed by atoms with E-state index in [1.807, 2.05) is 67.2 Å². The maximum absolute atomic E-state index is 13.1. The first-order valence-corrected chi connectivity index (χ1v) is 9.70. The first-order valence-electron chi connectivity index (χ1n) is 9.27. The lowest BCUT2D eigenvalue weighted by Gasteiger charge is -2.28. The number of aromatic nitrogens is 1. The predicted octanol–water partition coefficient (Wildman–Crippen LogP) is 3.42. The Bertz CT molecular complexity index is 743. The van der Waals surface area contributed by atoms with Crippen LogP contribution in [0.5, 0.6) is 0 Å². The Morgan fingerprint density at radius 2 is 1.78 bits per heavy atom. The van der Waals surface area contributed by atoms with E-state index in [9.17, 15) is 9.59 Å². The Labute approximate surface area is 166 Å². The van der Waals surface area contributed by atoms with Crippen LogP contribution in [0, 0.1) is 0 Å². The Kier molecular flexibility index (Phi) is 7.92. The maximum atomic E-state index is 13.1. The molecule has 0 spiro atoms. The van der Waals surface area contributed by atoms with Crippen LogP contribution in [0.3, 0.4) is 0 Å². The molecule has 5 nitrogen and oxygen atoms in total. The highest BCUT2D eigenvalue weighted by Gasteiger charge is 2.24. The molecule has 27 heavy (non-hydrogen) atoms. The number of halogens is 1. The SMILES string of the molecule is CCCN(CC(=O)N(Cc1ccccc1)Cc1cccn1C)C(=O)[C@H](C)Cl. The van der Waals surface area contributed by atoms with Gasteiger partial charge in [0.05, 0.1) is 13.1 Å². The highest BCUT2D eigenvalue weighted by atomic mass is 35.5. The number of nitrogens with zero attached hydrogens (tertiary/aromatic N) is 3. The van der Waals surface area contributed by atoms with Crippen LogP contribution in [0.15, 0.2) is 48.7 Å². The third-order valence-electron chi connectivity index (χ3n) is 4.44. The van der Waals surface area contributed by atoms with Crippen LogP contribution in [-0.4, -0.2) is 44.6 Å². The molecular weight excluding hydrogens is 362 g/mol. The van der Waals surface area contributed by atoms with E-state index in [-0.39, 0.29) is 18.4 Å². The van der Waals surface area contributed by atoms with Gasteiger partial charge in [0.15, 0.2) is 0 Å². The normalized spacial score (nSPS) is 11.9. The van der Waals surface area contributed by atoms with Crippen molar-refractivity contribution in [2.75, 3.05) is 13.1 Å². The van der Waals surface area contributed by atoms with Crippen molar-refractivity contribution >= 4 is 23.4 Å². The van der Waals surface area contributed by atoms with Gasteiger partial charge in [0.2, 0.25) is 11.8 Å². The number of alkyl halides is 1. The fourth-order valence-electron chi connectivity index (χ4n) is 2.94. The second kappa shape index (κ2) is 10.2. The van der Waals surface area contributed by atoms with Crippen LogP contribution in [0.4, 0.5) is 0 Å². The zero-order valence-corrected chi connectivity index (χ0v) is 17.0. The van der Waals surface area contributed by atoms with Crippen molar-refractivity contribution in [2.45, 2.75) is 38.7 Å². The molecule has 0 fully saturated rings. The maximum Gasteiger partial charge on any atom is 0.242 e. The lowest BCUT2D eigenvalue weighted by molar-refractivity contribution is -0.141. The number of aryl methyl sites for hydroxylation is 1. The molecule has 0 aliphatic carbocycles. The lowest BCUT2D eigenvalue weighted by Crippen LogP contribution is -2.45. The van der Waals surface area contributed by atoms with Crippen LogP contribution in [0.1, 0.15) is 31.5 Å². The molecule has 0 unspecified atom stereocenters. The summed E-state index contributed by atoms with van der Waals surface area (Å²) in [6.07, 6.45) is 2.74. The monoisotopic (exact) mass is 389 g/mol. The van der Waals surface area contributed by atoms with E-state index < -0.39 is 5.38 Å². The summed E-state index contributed by atoms with van der Waals surface area (Å²) in [5, 5.41) is -0.639. The van der Waals surface area contributed by atoms with Gasteiger partial charge >= 0.3 is 0 Å². The predicted molar refractivity (Wildman–Crippen MR) is 108 cm³/mol. The Morgan fingerprint density at radius 1 is 1.07 bits per heavy atom. The largest absolute Gasteiger partial charge is 0.353 e. The molecule has 0 saturated heterocycles. The molecule has 2 rings (SSSR count). The van der Waals surface area contributed by atoms with Gasteiger partial charge in [-0.3, -0.25) is 9.59 Å². The summed E-state index contributed by atoms with van der Waals surface area (Å²) in [6, 6.07) is 13.8. The quantitative estimate of drug-likeness (QED) is 0.617. The summed E-state index contributed by atoms with van der Waals surface area (Å²) in [4.78, 5) is 28.8. The number of carbonyl (C=O) groups excluding carboxylic acids is 2. The third kappa shape index (κ3) is 6.14. The number of carbonyl (C=O) groups is 2. The topological polar surface area (TPSA) is 45.6 Å². The van der Waals surface area contributed by atoms with Gasteiger partial charge in [0.1, 0.15) is 5.38 Å². The molecule has 0 bridgehead atoms. The molecule has 1 heterocycles. The van der Waals surface area contributed by atoms with Crippen LogP contribution < -0.4 is 0 Å². The molecule has 0 radical (unpaired) electrons. The van der Waals surface area contributed by atoms with Crippen molar-refractivity contribution in [3.63, 3.8) is 0 Å². The molecule has 0 aliphatic heterocycles. The van der Waals surface area contributed by atoms with Crippen LogP contribution in [0.2, 0.25) is 0 Å². The van der Waals surface area contributed by atoms with Crippen molar-refractivity contribution in [1.29, 1.82) is 0 Å². The number of hydrogen-bond donors (Lipinski definition) is 0. The van der Waals surface area contributed by atoms with E-state index in [1.165, 1.54) is 0 Å². The first kappa shape index (κ1) is 21.0. The van der Waals surface area contributed by atoms with Gasteiger partial charge in [-0.2, -0.15) is 0 Å². The highest BCUT2D eigenvalue weighted by molar-refractivity contribution is 6.30. The second-order valence-electron chi connectivity index (χ2n) is 6.72. The number of amides is 2. The van der Waals surface area contributed by atoms with Gasteiger partial charge in [-0.25, -0.2) is 0 Å². The van der Waals surface area contributed by atoms with Crippen molar-refractivity contribution < 1.29 is 9.59 Å². The van der Waals surface area contributed by atoms with Crippen molar-refractivity contribution in [3.8, 4) is 0 Å². The average Bonchev–Trinajstić information content (AvgIpc) is 3.05.